The summed E-state index contributed by atoms with van der Waals surface area (Å²) in [7, 11) is 0. The first-order valence-electron chi connectivity index (χ1n) is 11.6. The lowest BCUT2D eigenvalue weighted by Gasteiger charge is -2.17. The number of fused-ring (bicyclic) bond motifs is 1. The molecule has 2 aromatic rings. The summed E-state index contributed by atoms with van der Waals surface area (Å²) in [5.41, 5.74) is 0.912. The van der Waals surface area contributed by atoms with Gasteiger partial charge in [0.25, 0.3) is 0 Å². The number of hydrogen-bond donors (Lipinski definition) is 1. The summed E-state index contributed by atoms with van der Waals surface area (Å²) < 4.78 is 18.9. The number of carbonyl (C=O) groups excluding carboxylic acids is 1. The van der Waals surface area contributed by atoms with Gasteiger partial charge in [0.2, 0.25) is 12.7 Å². The van der Waals surface area contributed by atoms with Crippen molar-refractivity contribution in [3.63, 3.8) is 0 Å². The first-order valence-corrected chi connectivity index (χ1v) is 12.6. The highest BCUT2D eigenvalue weighted by Crippen LogP contribution is 2.36. The van der Waals surface area contributed by atoms with Crippen LogP contribution in [0.1, 0.15) is 51.4 Å². The molecule has 3 aliphatic rings. The molecule has 2 fully saturated rings. The van der Waals surface area contributed by atoms with Crippen LogP contribution in [0, 0.1) is 0 Å². The van der Waals surface area contributed by atoms with Crippen molar-refractivity contribution in [1.82, 2.24) is 20.1 Å². The second kappa shape index (κ2) is 10.1. The lowest BCUT2D eigenvalue weighted by atomic mass is 10.1. The van der Waals surface area contributed by atoms with Gasteiger partial charge in [-0.2, -0.15) is 0 Å². The zero-order chi connectivity index (χ0) is 21.8. The molecule has 2 aliphatic heterocycles. The van der Waals surface area contributed by atoms with E-state index in [1.54, 1.807) is 0 Å². The summed E-state index contributed by atoms with van der Waals surface area (Å²) in [6.07, 6.45) is 9.34. The fourth-order valence-corrected chi connectivity index (χ4v) is 5.38. The van der Waals surface area contributed by atoms with Gasteiger partial charge in [-0.15, -0.1) is 10.2 Å². The number of thioether (sulfide) groups is 1. The molecule has 0 bridgehead atoms. The molecule has 0 unspecified atom stereocenters. The number of benzene rings is 1. The van der Waals surface area contributed by atoms with Gasteiger partial charge in [-0.25, -0.2) is 0 Å². The zero-order valence-electron chi connectivity index (χ0n) is 18.3. The number of nitrogens with one attached hydrogen (secondary N) is 1. The van der Waals surface area contributed by atoms with Gasteiger partial charge >= 0.3 is 0 Å². The molecule has 1 saturated heterocycles. The van der Waals surface area contributed by atoms with E-state index < -0.39 is 0 Å². The Morgan fingerprint density at radius 1 is 1.06 bits per heavy atom. The van der Waals surface area contributed by atoms with E-state index in [4.69, 9.17) is 14.2 Å². The maximum Gasteiger partial charge on any atom is 0.231 e. The summed E-state index contributed by atoms with van der Waals surface area (Å²) >= 11 is 1.44. The van der Waals surface area contributed by atoms with Crippen molar-refractivity contribution >= 4 is 17.7 Å². The number of aromatic nitrogens is 3. The van der Waals surface area contributed by atoms with Gasteiger partial charge in [-0.1, -0.05) is 37.4 Å². The van der Waals surface area contributed by atoms with E-state index >= 15 is 0 Å². The van der Waals surface area contributed by atoms with E-state index in [0.29, 0.717) is 24.1 Å². The molecular formula is C23H30N4O4S. The Bertz CT molecular complexity index is 936. The van der Waals surface area contributed by atoms with Crippen molar-refractivity contribution in [3.8, 4) is 22.9 Å². The Hall–Kier alpha value is -2.26. The first kappa shape index (κ1) is 21.6. The van der Waals surface area contributed by atoms with Crippen molar-refractivity contribution < 1.29 is 19.0 Å². The molecule has 32 heavy (non-hydrogen) atoms. The predicted molar refractivity (Wildman–Crippen MR) is 121 cm³/mol. The normalized spacial score (nSPS) is 20.9. The maximum atomic E-state index is 12.6. The molecule has 1 aromatic carbocycles. The second-order valence-corrected chi connectivity index (χ2v) is 9.61. The number of carbonyl (C=O) groups is 1. The van der Waals surface area contributed by atoms with E-state index in [1.165, 1.54) is 37.4 Å². The van der Waals surface area contributed by atoms with E-state index in [-0.39, 0.29) is 18.8 Å². The number of hydrogen-bond acceptors (Lipinski definition) is 7. The van der Waals surface area contributed by atoms with Gasteiger partial charge in [-0.05, 0) is 43.9 Å². The van der Waals surface area contributed by atoms with Crippen LogP contribution in [-0.2, 0) is 16.1 Å². The van der Waals surface area contributed by atoms with Gasteiger partial charge in [0.05, 0.1) is 18.4 Å². The quantitative estimate of drug-likeness (QED) is 0.499. The molecule has 1 amide bonds. The molecule has 172 valence electrons. The minimum Gasteiger partial charge on any atom is -0.454 e. The van der Waals surface area contributed by atoms with Crippen LogP contribution >= 0.6 is 11.8 Å². The van der Waals surface area contributed by atoms with Crippen molar-refractivity contribution in [1.29, 1.82) is 0 Å². The Morgan fingerprint density at radius 2 is 1.91 bits per heavy atom. The molecule has 0 radical (unpaired) electrons. The van der Waals surface area contributed by atoms with Crippen LogP contribution in [0.15, 0.2) is 23.4 Å². The Labute approximate surface area is 192 Å². The van der Waals surface area contributed by atoms with E-state index in [1.807, 2.05) is 18.2 Å². The summed E-state index contributed by atoms with van der Waals surface area (Å²) in [6, 6.07) is 6.11. The minimum atomic E-state index is 0.0678. The highest BCUT2D eigenvalue weighted by molar-refractivity contribution is 7.99. The molecule has 1 atom stereocenters. The summed E-state index contributed by atoms with van der Waals surface area (Å²) in [5.74, 6) is 2.61. The molecule has 5 rings (SSSR count). The highest BCUT2D eigenvalue weighted by Gasteiger charge is 2.24. The molecule has 1 aliphatic carbocycles. The van der Waals surface area contributed by atoms with E-state index in [9.17, 15) is 4.79 Å². The standard InChI is InChI=1S/C23H30N4O4S/c28-21(24-17-6-3-1-2-4-7-17)14-32-23-26-25-22(27(23)13-18-8-5-11-29-18)16-9-10-19-20(12-16)31-15-30-19/h9-10,12,17-18H,1-8,11,13-15H2,(H,24,28)/t18-/m1/s1. The third kappa shape index (κ3) is 5.04. The topological polar surface area (TPSA) is 87.5 Å². The third-order valence-corrected chi connectivity index (χ3v) is 7.28. The molecule has 8 nitrogen and oxygen atoms in total. The zero-order valence-corrected chi connectivity index (χ0v) is 19.1. The van der Waals surface area contributed by atoms with Crippen LogP contribution < -0.4 is 14.8 Å². The minimum absolute atomic E-state index is 0.0678. The van der Waals surface area contributed by atoms with Gasteiger partial charge < -0.3 is 19.5 Å². The summed E-state index contributed by atoms with van der Waals surface area (Å²) in [6.45, 7) is 1.69. The van der Waals surface area contributed by atoms with Crippen molar-refractivity contribution in [2.45, 2.75) is 75.2 Å². The predicted octanol–water partition coefficient (Wildman–Crippen LogP) is 3.78. The van der Waals surface area contributed by atoms with Crippen molar-refractivity contribution in [3.05, 3.63) is 18.2 Å². The molecule has 3 heterocycles. The van der Waals surface area contributed by atoms with Crippen LogP contribution in [0.25, 0.3) is 11.4 Å². The van der Waals surface area contributed by atoms with E-state index in [0.717, 1.165) is 54.6 Å². The average Bonchev–Trinajstić information content (AvgIpc) is 3.52. The van der Waals surface area contributed by atoms with E-state index in [2.05, 4.69) is 20.1 Å². The van der Waals surface area contributed by atoms with Crippen LogP contribution in [-0.4, -0.2) is 52.0 Å². The van der Waals surface area contributed by atoms with Gasteiger partial charge in [0, 0.05) is 18.2 Å². The monoisotopic (exact) mass is 458 g/mol. The van der Waals surface area contributed by atoms with Crippen LogP contribution in [0.5, 0.6) is 11.5 Å². The summed E-state index contributed by atoms with van der Waals surface area (Å²) in [5, 5.41) is 12.9. The first-order chi connectivity index (χ1) is 15.8. The number of ether oxygens (including phenoxy) is 3. The second-order valence-electron chi connectivity index (χ2n) is 8.66. The van der Waals surface area contributed by atoms with Crippen LogP contribution in [0.2, 0.25) is 0 Å². The molecule has 1 aromatic heterocycles. The van der Waals surface area contributed by atoms with Crippen LogP contribution in [0.3, 0.4) is 0 Å². The summed E-state index contributed by atoms with van der Waals surface area (Å²) in [4.78, 5) is 12.6. The lowest BCUT2D eigenvalue weighted by Crippen LogP contribution is -2.35. The number of rotatable bonds is 7. The SMILES string of the molecule is O=C(CSc1nnc(-c2ccc3c(c2)OCO3)n1C[C@H]1CCCO1)NC1CCCCCC1. The molecule has 1 saturated carbocycles. The van der Waals surface area contributed by atoms with Crippen molar-refractivity contribution in [2.75, 3.05) is 19.2 Å². The van der Waals surface area contributed by atoms with Gasteiger partial charge in [0.15, 0.2) is 22.5 Å². The van der Waals surface area contributed by atoms with Gasteiger partial charge in [0.1, 0.15) is 0 Å². The fraction of sp³-hybridized carbons (Fsp3) is 0.609. The highest BCUT2D eigenvalue weighted by atomic mass is 32.2. The Balaban J connectivity index is 1.30. The third-order valence-electron chi connectivity index (χ3n) is 6.31. The molecule has 9 heteroatoms. The molecular weight excluding hydrogens is 428 g/mol. The number of amides is 1. The fourth-order valence-electron chi connectivity index (χ4n) is 4.62. The Morgan fingerprint density at radius 3 is 2.72 bits per heavy atom. The smallest absolute Gasteiger partial charge is 0.231 e. The van der Waals surface area contributed by atoms with Crippen molar-refractivity contribution in [2.24, 2.45) is 0 Å². The average molecular weight is 459 g/mol. The lowest BCUT2D eigenvalue weighted by molar-refractivity contribution is -0.119. The molecule has 0 spiro atoms. The van der Waals surface area contributed by atoms with Gasteiger partial charge in [-0.3, -0.25) is 9.36 Å². The van der Waals surface area contributed by atoms with Crippen LogP contribution in [0.4, 0.5) is 0 Å². The number of nitrogens with zero attached hydrogens (tertiary/aromatic N) is 3. The molecule has 1 N–H and O–H groups in total. The Kier molecular flexibility index (Phi) is 6.83. The maximum absolute atomic E-state index is 12.6. The largest absolute Gasteiger partial charge is 0.454 e.